The zero-order valence-electron chi connectivity index (χ0n) is 18.3. The van der Waals surface area contributed by atoms with E-state index in [1.165, 1.54) is 16.0 Å². The Kier molecular flexibility index (Phi) is 6.56. The van der Waals surface area contributed by atoms with Gasteiger partial charge in [-0.3, -0.25) is 0 Å². The van der Waals surface area contributed by atoms with Crippen LogP contribution in [0.15, 0.2) is 77.7 Å². The van der Waals surface area contributed by atoms with Crippen LogP contribution in [0.5, 0.6) is 5.75 Å². The van der Waals surface area contributed by atoms with Crippen molar-refractivity contribution in [3.8, 4) is 5.75 Å². The fourth-order valence-corrected chi connectivity index (χ4v) is 4.45. The third-order valence-electron chi connectivity index (χ3n) is 5.69. The molecule has 1 aliphatic heterocycles. The number of aliphatic hydroxyl groups excluding tert-OH is 1. The fourth-order valence-electron chi connectivity index (χ4n) is 3.80. The Hall–Kier alpha value is -2.47. The van der Waals surface area contributed by atoms with Gasteiger partial charge in [0.1, 0.15) is 17.5 Å². The number of ether oxygens (including phenoxy) is 1. The van der Waals surface area contributed by atoms with Crippen molar-refractivity contribution in [3.05, 3.63) is 89.5 Å². The lowest BCUT2D eigenvalue weighted by molar-refractivity contribution is -0.0643. The Morgan fingerprint density at radius 2 is 1.68 bits per heavy atom. The number of aliphatic hydroxyl groups is 1. The first-order valence-corrected chi connectivity index (χ1v) is 11.5. The monoisotopic (exact) mass is 434 g/mol. The molecule has 3 N–H and O–H groups in total. The highest BCUT2D eigenvalue weighted by atomic mass is 32.2. The maximum absolute atomic E-state index is 10.8. The molecule has 3 aromatic carbocycles. The quantitative estimate of drug-likeness (QED) is 0.428. The number of aryl methyl sites for hydroxylation is 1. The zero-order valence-corrected chi connectivity index (χ0v) is 19.1. The van der Waals surface area contributed by atoms with Crippen molar-refractivity contribution in [2.75, 3.05) is 11.3 Å². The van der Waals surface area contributed by atoms with Crippen LogP contribution in [0.4, 0.5) is 5.69 Å². The van der Waals surface area contributed by atoms with Gasteiger partial charge in [0.2, 0.25) is 0 Å². The predicted octanol–water partition coefficient (Wildman–Crippen LogP) is 5.52. The Balaban J connectivity index is 1.32. The van der Waals surface area contributed by atoms with Crippen LogP contribution in [0.1, 0.15) is 36.6 Å². The summed E-state index contributed by atoms with van der Waals surface area (Å²) in [6.45, 7) is 6.74. The van der Waals surface area contributed by atoms with E-state index in [-0.39, 0.29) is 6.04 Å². The molecule has 4 rings (SSSR count). The summed E-state index contributed by atoms with van der Waals surface area (Å²) in [7, 11) is 0. The second-order valence-corrected chi connectivity index (χ2v) is 9.46. The molecule has 31 heavy (non-hydrogen) atoms. The third-order valence-corrected chi connectivity index (χ3v) is 6.54. The largest absolute Gasteiger partial charge is 0.485 e. The molecule has 0 amide bonds. The maximum atomic E-state index is 10.8. The summed E-state index contributed by atoms with van der Waals surface area (Å²) in [6, 6.07) is 24.8. The number of nitrogens with one attached hydrogen (secondary N) is 2. The van der Waals surface area contributed by atoms with Crippen LogP contribution in [-0.4, -0.2) is 23.4 Å². The van der Waals surface area contributed by atoms with E-state index in [1.807, 2.05) is 38.1 Å². The molecule has 0 bridgehead atoms. The highest BCUT2D eigenvalue weighted by Gasteiger charge is 2.42. The Morgan fingerprint density at radius 1 is 0.968 bits per heavy atom. The number of benzene rings is 3. The van der Waals surface area contributed by atoms with Crippen LogP contribution < -0.4 is 14.8 Å². The summed E-state index contributed by atoms with van der Waals surface area (Å²) in [4.78, 5) is 1.19. The SMILES string of the molecule is Cc1ccc(SNc2ccc(CCNC3c4ccccc4OC(C)(C)C3O)cc2)cc1. The van der Waals surface area contributed by atoms with E-state index in [4.69, 9.17) is 4.74 Å². The molecule has 0 fully saturated rings. The Morgan fingerprint density at radius 3 is 2.42 bits per heavy atom. The summed E-state index contributed by atoms with van der Waals surface area (Å²) in [5.41, 5.74) is 3.99. The summed E-state index contributed by atoms with van der Waals surface area (Å²) in [5, 5.41) is 14.4. The van der Waals surface area contributed by atoms with Crippen molar-refractivity contribution < 1.29 is 9.84 Å². The lowest BCUT2D eigenvalue weighted by Gasteiger charge is -2.42. The van der Waals surface area contributed by atoms with Crippen molar-refractivity contribution in [1.29, 1.82) is 0 Å². The molecule has 162 valence electrons. The maximum Gasteiger partial charge on any atom is 0.131 e. The lowest BCUT2D eigenvalue weighted by atomic mass is 9.86. The van der Waals surface area contributed by atoms with Gasteiger partial charge in [-0.15, -0.1) is 0 Å². The average molecular weight is 435 g/mol. The van der Waals surface area contributed by atoms with Crippen LogP contribution in [-0.2, 0) is 6.42 Å². The molecule has 0 radical (unpaired) electrons. The molecule has 0 saturated heterocycles. The van der Waals surface area contributed by atoms with E-state index in [9.17, 15) is 5.11 Å². The number of anilines is 1. The first-order valence-electron chi connectivity index (χ1n) is 10.7. The highest BCUT2D eigenvalue weighted by Crippen LogP contribution is 2.39. The van der Waals surface area contributed by atoms with Crippen molar-refractivity contribution in [3.63, 3.8) is 0 Å². The van der Waals surface area contributed by atoms with E-state index in [0.717, 1.165) is 30.0 Å². The molecule has 2 unspecified atom stereocenters. The molecule has 2 atom stereocenters. The summed E-state index contributed by atoms with van der Waals surface area (Å²) in [6.07, 6.45) is 0.269. The summed E-state index contributed by atoms with van der Waals surface area (Å²) >= 11 is 1.62. The van der Waals surface area contributed by atoms with E-state index in [1.54, 1.807) is 11.9 Å². The molecule has 4 nitrogen and oxygen atoms in total. The van der Waals surface area contributed by atoms with Crippen LogP contribution in [0, 0.1) is 6.92 Å². The van der Waals surface area contributed by atoms with Crippen molar-refractivity contribution in [2.45, 2.75) is 49.8 Å². The minimum atomic E-state index is -0.631. The number of para-hydroxylation sites is 1. The number of rotatable bonds is 7. The number of fused-ring (bicyclic) bond motifs is 1. The minimum absolute atomic E-state index is 0.146. The van der Waals surface area contributed by atoms with Gasteiger partial charge in [-0.2, -0.15) is 0 Å². The molecule has 1 aliphatic rings. The fraction of sp³-hybridized carbons (Fsp3) is 0.308. The van der Waals surface area contributed by atoms with Gasteiger partial charge in [0.15, 0.2) is 0 Å². The number of hydrogen-bond donors (Lipinski definition) is 3. The molecule has 0 aliphatic carbocycles. The van der Waals surface area contributed by atoms with Gasteiger partial charge in [-0.25, -0.2) is 0 Å². The molecular weight excluding hydrogens is 404 g/mol. The minimum Gasteiger partial charge on any atom is -0.485 e. The predicted molar refractivity (Wildman–Crippen MR) is 129 cm³/mol. The van der Waals surface area contributed by atoms with Gasteiger partial charge in [-0.05, 0) is 81.6 Å². The van der Waals surface area contributed by atoms with Crippen LogP contribution in [0.3, 0.4) is 0 Å². The first-order chi connectivity index (χ1) is 14.9. The normalized spacial score (nSPS) is 19.4. The first kappa shape index (κ1) is 21.8. The topological polar surface area (TPSA) is 53.5 Å². The molecule has 5 heteroatoms. The summed E-state index contributed by atoms with van der Waals surface area (Å²) in [5.74, 6) is 0.844. The lowest BCUT2D eigenvalue weighted by Crippen LogP contribution is -2.52. The van der Waals surface area contributed by atoms with Gasteiger partial charge in [-0.1, -0.05) is 48.0 Å². The van der Waals surface area contributed by atoms with E-state index in [0.29, 0.717) is 0 Å². The van der Waals surface area contributed by atoms with Crippen LogP contribution >= 0.6 is 11.9 Å². The van der Waals surface area contributed by atoms with Crippen LogP contribution in [0.25, 0.3) is 0 Å². The average Bonchev–Trinajstić information content (AvgIpc) is 2.76. The van der Waals surface area contributed by atoms with Gasteiger partial charge < -0.3 is 19.9 Å². The van der Waals surface area contributed by atoms with Gasteiger partial charge in [0.25, 0.3) is 0 Å². The second-order valence-electron chi connectivity index (χ2n) is 8.58. The highest BCUT2D eigenvalue weighted by molar-refractivity contribution is 8.00. The Labute approximate surface area is 189 Å². The van der Waals surface area contributed by atoms with E-state index >= 15 is 0 Å². The van der Waals surface area contributed by atoms with Crippen LogP contribution in [0.2, 0.25) is 0 Å². The molecule has 1 heterocycles. The van der Waals surface area contributed by atoms with Gasteiger partial charge in [0.05, 0.1) is 6.04 Å². The molecule has 3 aromatic rings. The van der Waals surface area contributed by atoms with Gasteiger partial charge >= 0.3 is 0 Å². The summed E-state index contributed by atoms with van der Waals surface area (Å²) < 4.78 is 9.40. The third kappa shape index (κ3) is 5.24. The standard InChI is InChI=1S/C26H30N2O2S/c1-18-8-14-21(15-9-18)31-28-20-12-10-19(11-13-20)16-17-27-24-22-6-4-5-7-23(22)30-26(2,3)25(24)29/h4-15,24-25,27-29H,16-17H2,1-3H3. The van der Waals surface area contributed by atoms with E-state index in [2.05, 4.69) is 65.5 Å². The van der Waals surface area contributed by atoms with Gasteiger partial charge in [0, 0.05) is 16.1 Å². The molecule has 0 aromatic heterocycles. The van der Waals surface area contributed by atoms with E-state index < -0.39 is 11.7 Å². The van der Waals surface area contributed by atoms with Crippen molar-refractivity contribution >= 4 is 17.6 Å². The molecular formula is C26H30N2O2S. The second kappa shape index (κ2) is 9.35. The molecule has 0 saturated carbocycles. The van der Waals surface area contributed by atoms with Crippen molar-refractivity contribution in [1.82, 2.24) is 5.32 Å². The Bertz CT molecular complexity index is 1000. The molecule has 0 spiro atoms. The number of hydrogen-bond acceptors (Lipinski definition) is 5. The zero-order chi connectivity index (χ0) is 21.8. The van der Waals surface area contributed by atoms with Crippen molar-refractivity contribution in [2.24, 2.45) is 0 Å². The smallest absolute Gasteiger partial charge is 0.131 e.